The van der Waals surface area contributed by atoms with Crippen molar-refractivity contribution in [1.29, 1.82) is 0 Å². The largest absolute Gasteiger partial charge is 0.462 e. The highest BCUT2D eigenvalue weighted by atomic mass is 16.7. The van der Waals surface area contributed by atoms with Gasteiger partial charge in [-0.25, -0.2) is 0 Å². The second-order valence-electron chi connectivity index (χ2n) is 19.4. The van der Waals surface area contributed by atoms with E-state index in [2.05, 4.69) is 13.8 Å². The summed E-state index contributed by atoms with van der Waals surface area (Å²) in [6.07, 6.45) is 42.6. The van der Waals surface area contributed by atoms with Gasteiger partial charge in [-0.1, -0.05) is 251 Å². The summed E-state index contributed by atoms with van der Waals surface area (Å²) in [4.78, 5) is 25.5. The molecule has 0 aromatic carbocycles. The third kappa shape index (κ3) is 35.8. The van der Waals surface area contributed by atoms with Crippen LogP contribution in [-0.2, 0) is 28.5 Å². The smallest absolute Gasteiger partial charge is 0.306 e. The van der Waals surface area contributed by atoms with Crippen LogP contribution in [0.5, 0.6) is 0 Å². The van der Waals surface area contributed by atoms with Crippen molar-refractivity contribution < 1.29 is 49.0 Å². The maximum atomic E-state index is 12.9. The first-order valence-electron chi connectivity index (χ1n) is 27.6. The molecule has 0 bridgehead atoms. The van der Waals surface area contributed by atoms with Crippen molar-refractivity contribution in [3.8, 4) is 0 Å². The topological polar surface area (TPSA) is 152 Å². The van der Waals surface area contributed by atoms with Crippen molar-refractivity contribution in [2.45, 2.75) is 314 Å². The van der Waals surface area contributed by atoms with E-state index in [-0.39, 0.29) is 32.0 Å². The number of carbonyl (C=O) groups is 2. The van der Waals surface area contributed by atoms with Crippen LogP contribution in [0.2, 0.25) is 0 Å². The van der Waals surface area contributed by atoms with Gasteiger partial charge in [0.1, 0.15) is 31.0 Å². The first-order chi connectivity index (χ1) is 31.3. The fourth-order valence-electron chi connectivity index (χ4n) is 8.90. The molecular formula is C54H104O10. The number of aliphatic hydroxyl groups is 4. The predicted molar refractivity (Wildman–Crippen MR) is 261 cm³/mol. The number of esters is 2. The lowest BCUT2D eigenvalue weighted by atomic mass is 9.99. The number of ether oxygens (including phenoxy) is 4. The summed E-state index contributed by atoms with van der Waals surface area (Å²) in [7, 11) is 0. The van der Waals surface area contributed by atoms with Crippen LogP contribution in [0.3, 0.4) is 0 Å². The van der Waals surface area contributed by atoms with Gasteiger partial charge >= 0.3 is 11.9 Å². The van der Waals surface area contributed by atoms with Crippen LogP contribution in [0.15, 0.2) is 0 Å². The monoisotopic (exact) mass is 913 g/mol. The molecule has 6 unspecified atom stereocenters. The van der Waals surface area contributed by atoms with Gasteiger partial charge in [0.15, 0.2) is 12.4 Å². The maximum Gasteiger partial charge on any atom is 0.306 e. The lowest BCUT2D eigenvalue weighted by Gasteiger charge is -2.39. The molecule has 6 atom stereocenters. The molecule has 4 N–H and O–H groups in total. The fraction of sp³-hybridized carbons (Fsp3) is 0.963. The maximum absolute atomic E-state index is 12.9. The summed E-state index contributed by atoms with van der Waals surface area (Å²) >= 11 is 0. The zero-order valence-corrected chi connectivity index (χ0v) is 41.8. The lowest BCUT2D eigenvalue weighted by molar-refractivity contribution is -0.305. The summed E-state index contributed by atoms with van der Waals surface area (Å²) in [5, 5.41) is 40.2. The number of aliphatic hydroxyl groups excluding tert-OH is 4. The normalized spacial score (nSPS) is 19.2. The van der Waals surface area contributed by atoms with Crippen LogP contribution in [0, 0.1) is 0 Å². The first kappa shape index (κ1) is 60.7. The van der Waals surface area contributed by atoms with E-state index >= 15 is 0 Å². The molecule has 0 spiro atoms. The standard InChI is InChI=1S/C54H104O10/c1-3-5-7-9-11-13-15-17-19-21-22-23-24-25-27-29-31-33-35-37-39-41-43-50(57)63-47(46-62-54-53(60)52(59)51(58)48(44-55)64-54)45-61-49(56)42-40-38-36-34-32-30-28-26-20-18-16-14-12-10-8-6-4-2/h47-48,51-55,58-60H,3-46H2,1-2H3. The van der Waals surface area contributed by atoms with Gasteiger partial charge in [-0.2, -0.15) is 0 Å². The van der Waals surface area contributed by atoms with Gasteiger partial charge in [0.2, 0.25) is 0 Å². The molecule has 1 rings (SSSR count). The van der Waals surface area contributed by atoms with E-state index in [0.717, 1.165) is 32.1 Å². The Morgan fingerprint density at radius 3 is 1.06 bits per heavy atom. The van der Waals surface area contributed by atoms with Crippen molar-refractivity contribution in [2.75, 3.05) is 19.8 Å². The third-order valence-corrected chi connectivity index (χ3v) is 13.2. The van der Waals surface area contributed by atoms with Gasteiger partial charge in [0, 0.05) is 12.8 Å². The Kier molecular flexibility index (Phi) is 43.1. The van der Waals surface area contributed by atoms with Crippen molar-refractivity contribution in [3.05, 3.63) is 0 Å². The van der Waals surface area contributed by atoms with Crippen molar-refractivity contribution >= 4 is 11.9 Å². The van der Waals surface area contributed by atoms with Gasteiger partial charge in [0.25, 0.3) is 0 Å². The Hall–Kier alpha value is -1.30. The fourth-order valence-corrected chi connectivity index (χ4v) is 8.90. The van der Waals surface area contributed by atoms with E-state index in [0.29, 0.717) is 6.42 Å². The Balaban J connectivity index is 2.20. The predicted octanol–water partition coefficient (Wildman–Crippen LogP) is 13.3. The molecular weight excluding hydrogens is 809 g/mol. The van der Waals surface area contributed by atoms with Crippen LogP contribution in [0.25, 0.3) is 0 Å². The van der Waals surface area contributed by atoms with E-state index < -0.39 is 49.4 Å². The SMILES string of the molecule is CCCCCCCCCCCCCCCCCCCCCCCCC(=O)OC(COC(=O)CCCCCCCCCCCCCCCCCCC)COC1OC(CO)C(O)C(O)C1O. The van der Waals surface area contributed by atoms with Crippen LogP contribution >= 0.6 is 0 Å². The van der Waals surface area contributed by atoms with Gasteiger partial charge in [-0.05, 0) is 12.8 Å². The van der Waals surface area contributed by atoms with E-state index in [4.69, 9.17) is 18.9 Å². The molecule has 0 saturated carbocycles. The average Bonchev–Trinajstić information content (AvgIpc) is 3.29. The quantitative estimate of drug-likeness (QED) is 0.0343. The molecule has 380 valence electrons. The minimum absolute atomic E-state index is 0.208. The molecule has 1 aliphatic heterocycles. The number of carbonyl (C=O) groups excluding carboxylic acids is 2. The molecule has 64 heavy (non-hydrogen) atoms. The molecule has 10 nitrogen and oxygen atoms in total. The summed E-state index contributed by atoms with van der Waals surface area (Å²) in [6.45, 7) is 3.49. The Morgan fingerprint density at radius 1 is 0.422 bits per heavy atom. The first-order valence-corrected chi connectivity index (χ1v) is 27.6. The Morgan fingerprint density at radius 2 is 0.734 bits per heavy atom. The molecule has 1 aliphatic rings. The average molecular weight is 913 g/mol. The van der Waals surface area contributed by atoms with Crippen molar-refractivity contribution in [1.82, 2.24) is 0 Å². The van der Waals surface area contributed by atoms with Crippen molar-refractivity contribution in [2.24, 2.45) is 0 Å². The molecule has 0 aliphatic carbocycles. The zero-order chi connectivity index (χ0) is 46.6. The van der Waals surface area contributed by atoms with Crippen molar-refractivity contribution in [3.63, 3.8) is 0 Å². The van der Waals surface area contributed by atoms with E-state index in [9.17, 15) is 30.0 Å². The van der Waals surface area contributed by atoms with Crippen LogP contribution in [0.1, 0.15) is 277 Å². The van der Waals surface area contributed by atoms with Gasteiger partial charge < -0.3 is 39.4 Å². The molecule has 1 heterocycles. The summed E-state index contributed by atoms with van der Waals surface area (Å²) in [5.74, 6) is -0.783. The lowest BCUT2D eigenvalue weighted by Crippen LogP contribution is -2.59. The highest BCUT2D eigenvalue weighted by Gasteiger charge is 2.44. The number of hydrogen-bond acceptors (Lipinski definition) is 10. The number of hydrogen-bond donors (Lipinski definition) is 4. The van der Waals surface area contributed by atoms with Crippen LogP contribution < -0.4 is 0 Å². The number of rotatable bonds is 48. The van der Waals surface area contributed by atoms with E-state index in [1.807, 2.05) is 0 Å². The van der Waals surface area contributed by atoms with Gasteiger partial charge in [0.05, 0.1) is 13.2 Å². The van der Waals surface area contributed by atoms with E-state index in [1.54, 1.807) is 0 Å². The second-order valence-corrected chi connectivity index (χ2v) is 19.4. The molecule has 0 aromatic heterocycles. The summed E-state index contributed by atoms with van der Waals surface area (Å²) < 4.78 is 22.3. The molecule has 10 heteroatoms. The highest BCUT2D eigenvalue weighted by molar-refractivity contribution is 5.70. The molecule has 1 saturated heterocycles. The zero-order valence-electron chi connectivity index (χ0n) is 41.8. The Bertz CT molecular complexity index is 1010. The van der Waals surface area contributed by atoms with Gasteiger partial charge in [-0.15, -0.1) is 0 Å². The molecule has 0 amide bonds. The third-order valence-electron chi connectivity index (χ3n) is 13.2. The second kappa shape index (κ2) is 45.5. The summed E-state index contributed by atoms with van der Waals surface area (Å²) in [5.41, 5.74) is 0. The molecule has 0 aromatic rings. The van der Waals surface area contributed by atoms with Crippen LogP contribution in [0.4, 0.5) is 0 Å². The van der Waals surface area contributed by atoms with E-state index in [1.165, 1.54) is 212 Å². The number of unbranched alkanes of at least 4 members (excludes halogenated alkanes) is 37. The molecule has 0 radical (unpaired) electrons. The van der Waals surface area contributed by atoms with Gasteiger partial charge in [-0.3, -0.25) is 9.59 Å². The minimum atomic E-state index is -1.59. The Labute approximate surface area is 393 Å². The highest BCUT2D eigenvalue weighted by Crippen LogP contribution is 2.23. The van der Waals surface area contributed by atoms with Crippen LogP contribution in [-0.4, -0.2) is 89.0 Å². The summed E-state index contributed by atoms with van der Waals surface area (Å²) in [6, 6.07) is 0. The molecule has 1 fully saturated rings. The minimum Gasteiger partial charge on any atom is -0.462 e.